The van der Waals surface area contributed by atoms with Crippen LogP contribution in [0.5, 0.6) is 11.5 Å². The molecule has 1 aliphatic heterocycles. The Labute approximate surface area is 273 Å². The van der Waals surface area contributed by atoms with E-state index in [0.717, 1.165) is 24.0 Å². The summed E-state index contributed by atoms with van der Waals surface area (Å²) in [6.07, 6.45) is 4.35. The molecule has 1 aliphatic carbocycles. The first-order valence-electron chi connectivity index (χ1n) is 15.7. The third kappa shape index (κ3) is 9.43. The summed E-state index contributed by atoms with van der Waals surface area (Å²) in [5.41, 5.74) is 0.683. The molecule has 0 saturated heterocycles. The van der Waals surface area contributed by atoms with Crippen LogP contribution in [0.15, 0.2) is 47.0 Å². The van der Waals surface area contributed by atoms with Crippen LogP contribution in [0.2, 0.25) is 5.02 Å². The van der Waals surface area contributed by atoms with E-state index in [4.69, 9.17) is 25.6 Å². The third-order valence-electron chi connectivity index (χ3n) is 8.19. The maximum Gasteiger partial charge on any atom is 0.257 e. The van der Waals surface area contributed by atoms with Gasteiger partial charge in [-0.05, 0) is 73.7 Å². The van der Waals surface area contributed by atoms with Crippen molar-refractivity contribution in [2.45, 2.75) is 44.9 Å². The van der Waals surface area contributed by atoms with Crippen molar-refractivity contribution in [1.82, 2.24) is 31.4 Å². The quantitative estimate of drug-likeness (QED) is 0.287. The van der Waals surface area contributed by atoms with Gasteiger partial charge in [0.15, 0.2) is 18.1 Å². The summed E-state index contributed by atoms with van der Waals surface area (Å²) in [5.74, 6) is 1.60. The molecule has 1 atom stereocenters. The summed E-state index contributed by atoms with van der Waals surface area (Å²) in [6, 6.07) is 12.6. The van der Waals surface area contributed by atoms with Gasteiger partial charge in [0.1, 0.15) is 0 Å². The molecule has 1 fully saturated rings. The summed E-state index contributed by atoms with van der Waals surface area (Å²) >= 11 is 5.99. The van der Waals surface area contributed by atoms with Crippen LogP contribution in [0.1, 0.15) is 43.6 Å². The predicted octanol–water partition coefficient (Wildman–Crippen LogP) is 3.08. The van der Waals surface area contributed by atoms with Crippen molar-refractivity contribution in [2.24, 2.45) is 11.3 Å². The van der Waals surface area contributed by atoms with Crippen molar-refractivity contribution in [2.75, 3.05) is 46.4 Å². The van der Waals surface area contributed by atoms with Gasteiger partial charge in [0.2, 0.25) is 23.5 Å². The van der Waals surface area contributed by atoms with Gasteiger partial charge in [-0.15, -0.1) is 0 Å². The highest BCUT2D eigenvalue weighted by atomic mass is 35.5. The summed E-state index contributed by atoms with van der Waals surface area (Å²) in [6.45, 7) is 1.94. The molecule has 1 saturated carbocycles. The second-order valence-corrected chi connectivity index (χ2v) is 12.3. The Kier molecular flexibility index (Phi) is 11.5. The molecule has 1 aromatic heterocycles. The van der Waals surface area contributed by atoms with Crippen molar-refractivity contribution in [3.63, 3.8) is 0 Å². The van der Waals surface area contributed by atoms with Gasteiger partial charge in [0.25, 0.3) is 5.91 Å². The summed E-state index contributed by atoms with van der Waals surface area (Å²) in [4.78, 5) is 44.0. The number of fused-ring (bicyclic) bond motifs is 2. The Bertz CT molecular complexity index is 1490. The fourth-order valence-corrected chi connectivity index (χ4v) is 5.68. The van der Waals surface area contributed by atoms with E-state index in [0.29, 0.717) is 85.9 Å². The lowest BCUT2D eigenvalue weighted by Gasteiger charge is -2.33. The predicted molar refractivity (Wildman–Crippen MR) is 172 cm³/mol. The zero-order valence-corrected chi connectivity index (χ0v) is 26.8. The fraction of sp³-hybridized carbons (Fsp3) is 0.485. The van der Waals surface area contributed by atoms with E-state index in [-0.39, 0.29) is 37.4 Å². The van der Waals surface area contributed by atoms with E-state index >= 15 is 0 Å². The molecule has 0 spiro atoms. The largest absolute Gasteiger partial charge is 0.493 e. The maximum atomic E-state index is 14.2. The number of benzene rings is 2. The number of hydrogen-bond donors (Lipinski definition) is 4. The van der Waals surface area contributed by atoms with Gasteiger partial charge in [0, 0.05) is 49.6 Å². The van der Waals surface area contributed by atoms with E-state index in [1.54, 1.807) is 18.2 Å². The van der Waals surface area contributed by atoms with Crippen molar-refractivity contribution in [3.8, 4) is 22.9 Å². The molecule has 12 nitrogen and oxygen atoms in total. The molecular weight excluding hydrogens is 612 g/mol. The lowest BCUT2D eigenvalue weighted by atomic mass is 9.75. The maximum absolute atomic E-state index is 14.2. The highest BCUT2D eigenvalue weighted by Crippen LogP contribution is 2.43. The van der Waals surface area contributed by atoms with E-state index in [1.807, 2.05) is 24.3 Å². The summed E-state index contributed by atoms with van der Waals surface area (Å²) < 4.78 is 16.8. The lowest BCUT2D eigenvalue weighted by molar-refractivity contribution is -0.132. The number of carbonyl (C=O) groups is 3. The van der Waals surface area contributed by atoms with Gasteiger partial charge in [0.05, 0.1) is 12.5 Å². The van der Waals surface area contributed by atoms with Gasteiger partial charge >= 0.3 is 0 Å². The number of rotatable bonds is 8. The Morgan fingerprint density at radius 1 is 1.09 bits per heavy atom. The van der Waals surface area contributed by atoms with Gasteiger partial charge in [-0.1, -0.05) is 35.7 Å². The number of ether oxygens (including phenoxy) is 2. The Hall–Kier alpha value is -4.16. The molecule has 5 rings (SSSR count). The minimum absolute atomic E-state index is 0.108. The van der Waals surface area contributed by atoms with E-state index in [2.05, 4.69) is 31.4 Å². The molecule has 13 heteroatoms. The van der Waals surface area contributed by atoms with Gasteiger partial charge in [-0.25, -0.2) is 0 Å². The van der Waals surface area contributed by atoms with Crippen LogP contribution in [-0.2, 0) is 27.2 Å². The Morgan fingerprint density at radius 3 is 2.70 bits per heavy atom. The first-order valence-corrected chi connectivity index (χ1v) is 16.1. The molecule has 246 valence electrons. The first kappa shape index (κ1) is 33.2. The van der Waals surface area contributed by atoms with Crippen LogP contribution < -0.4 is 30.7 Å². The monoisotopic (exact) mass is 652 g/mol. The van der Waals surface area contributed by atoms with Crippen molar-refractivity contribution >= 4 is 29.3 Å². The number of methoxy groups -OCH3 is 1. The zero-order valence-electron chi connectivity index (χ0n) is 26.0. The van der Waals surface area contributed by atoms with Crippen LogP contribution in [0.3, 0.4) is 0 Å². The molecule has 3 amide bonds. The molecule has 2 aromatic carbocycles. The third-order valence-corrected chi connectivity index (χ3v) is 8.44. The molecule has 3 aromatic rings. The normalized spacial score (nSPS) is 20.0. The van der Waals surface area contributed by atoms with Crippen molar-refractivity contribution in [1.29, 1.82) is 0 Å². The van der Waals surface area contributed by atoms with E-state index < -0.39 is 5.41 Å². The average molecular weight is 653 g/mol. The minimum Gasteiger partial charge on any atom is -0.493 e. The second kappa shape index (κ2) is 15.9. The Morgan fingerprint density at radius 2 is 1.91 bits per heavy atom. The van der Waals surface area contributed by atoms with E-state index in [1.165, 1.54) is 7.11 Å². The topological polar surface area (TPSA) is 157 Å². The van der Waals surface area contributed by atoms with Crippen LogP contribution >= 0.6 is 11.6 Å². The van der Waals surface area contributed by atoms with Crippen LogP contribution in [0, 0.1) is 11.3 Å². The number of carbonyl (C=O) groups excluding carboxylic acids is 3. The molecular formula is C33H41ClN6O6. The van der Waals surface area contributed by atoms with Crippen LogP contribution in [0.25, 0.3) is 11.4 Å². The highest BCUT2D eigenvalue weighted by molar-refractivity contribution is 6.30. The summed E-state index contributed by atoms with van der Waals surface area (Å²) in [7, 11) is 1.54. The van der Waals surface area contributed by atoms with E-state index in [9.17, 15) is 14.4 Å². The fourth-order valence-electron chi connectivity index (χ4n) is 5.55. The first-order chi connectivity index (χ1) is 22.3. The minimum atomic E-state index is -0.924. The number of hydrogen-bond acceptors (Lipinski definition) is 9. The number of aromatic nitrogens is 2. The molecule has 2 aliphatic rings. The smallest absolute Gasteiger partial charge is 0.257 e. The number of nitrogens with one attached hydrogen (secondary N) is 4. The van der Waals surface area contributed by atoms with Crippen LogP contribution in [0.4, 0.5) is 0 Å². The number of nitrogens with zero attached hydrogens (tertiary/aromatic N) is 2. The van der Waals surface area contributed by atoms with Gasteiger partial charge < -0.3 is 35.3 Å². The second-order valence-electron chi connectivity index (χ2n) is 11.9. The SMILES string of the molecule is COc1ccc2cc1OCC(=O)NCCNCCCC(=O)NCC(CC1CC1)(C(=O)NCCc1nc(-c3ccc(Cl)cc3)no1)C2. The Balaban J connectivity index is 1.35. The highest BCUT2D eigenvalue weighted by Gasteiger charge is 2.43. The molecule has 0 radical (unpaired) electrons. The molecule has 46 heavy (non-hydrogen) atoms. The zero-order chi connectivity index (χ0) is 32.4. The molecule has 2 bridgehead atoms. The summed E-state index contributed by atoms with van der Waals surface area (Å²) in [5, 5.41) is 16.9. The lowest BCUT2D eigenvalue weighted by Crippen LogP contribution is -2.50. The van der Waals surface area contributed by atoms with Crippen LogP contribution in [-0.4, -0.2) is 74.3 Å². The molecule has 2 heterocycles. The standard InChI is InChI=1S/C33H41ClN6O6/c1-44-26-11-6-23-17-27(26)45-20-29(42)36-16-15-35-13-2-3-28(41)38-21-33(19-23,18-22-4-5-22)32(43)37-14-12-30-39-31(40-46-30)24-7-9-25(34)10-8-24/h6-11,17,22,35H,2-5,12-16,18-21H2,1H3,(H,36,42)(H,37,43)(H,38,41). The number of amides is 3. The molecule has 1 unspecified atom stereocenters. The van der Waals surface area contributed by atoms with Crippen molar-refractivity contribution in [3.05, 3.63) is 58.9 Å². The van der Waals surface area contributed by atoms with Crippen molar-refractivity contribution < 1.29 is 28.4 Å². The molecule has 4 N–H and O–H groups in total. The number of halogens is 1. The van der Waals surface area contributed by atoms with Gasteiger partial charge in [-0.3, -0.25) is 14.4 Å². The average Bonchev–Trinajstić information content (AvgIpc) is 3.75. The van der Waals surface area contributed by atoms with Gasteiger partial charge in [-0.2, -0.15) is 4.98 Å².